The lowest BCUT2D eigenvalue weighted by molar-refractivity contribution is -0.00471. The van der Waals surface area contributed by atoms with E-state index in [0.717, 1.165) is 13.0 Å². The van der Waals surface area contributed by atoms with Crippen molar-refractivity contribution in [1.29, 1.82) is 0 Å². The Kier molecular flexibility index (Phi) is 8.49. The van der Waals surface area contributed by atoms with Gasteiger partial charge in [0.1, 0.15) is 0 Å². The van der Waals surface area contributed by atoms with Crippen LogP contribution >= 0.6 is 0 Å². The molecular formula is C45H53NOSi. The van der Waals surface area contributed by atoms with E-state index in [9.17, 15) is 0 Å². The molecule has 8 atom stereocenters. The summed E-state index contributed by atoms with van der Waals surface area (Å²) in [5.74, 6) is 2.91. The van der Waals surface area contributed by atoms with Crippen molar-refractivity contribution < 1.29 is 4.74 Å². The quantitative estimate of drug-likeness (QED) is 0.160. The second-order valence-electron chi connectivity index (χ2n) is 16.3. The van der Waals surface area contributed by atoms with E-state index >= 15 is 0 Å². The topological polar surface area (TPSA) is 12.5 Å². The molecule has 48 heavy (non-hydrogen) atoms. The van der Waals surface area contributed by atoms with Crippen LogP contribution in [0.4, 0.5) is 11.4 Å². The lowest BCUT2D eigenvalue weighted by atomic mass is 9.83. The molecule has 2 nitrogen and oxygen atoms in total. The van der Waals surface area contributed by atoms with E-state index in [1.54, 1.807) is 16.7 Å². The fourth-order valence-corrected chi connectivity index (χ4v) is 17.5. The number of anilines is 2. The van der Waals surface area contributed by atoms with E-state index in [-0.39, 0.29) is 5.60 Å². The van der Waals surface area contributed by atoms with Gasteiger partial charge in [-0.2, -0.15) is 0 Å². The highest BCUT2D eigenvalue weighted by Crippen LogP contribution is 2.69. The maximum Gasteiger partial charge on any atom is 0.0666 e. The first-order valence-electron chi connectivity index (χ1n) is 18.7. The first-order chi connectivity index (χ1) is 23.4. The van der Waals surface area contributed by atoms with Crippen LogP contribution in [0.5, 0.6) is 0 Å². The largest absolute Gasteiger partial charge is 0.376 e. The number of fused-ring (bicyclic) bond motifs is 8. The molecule has 0 spiro atoms. The van der Waals surface area contributed by atoms with E-state index in [1.807, 2.05) is 0 Å². The average Bonchev–Trinajstić information content (AvgIpc) is 3.74. The third-order valence-corrected chi connectivity index (χ3v) is 18.4. The van der Waals surface area contributed by atoms with Crippen molar-refractivity contribution in [3.63, 3.8) is 0 Å². The molecule has 8 rings (SSSR count). The van der Waals surface area contributed by atoms with Gasteiger partial charge in [-0.3, -0.25) is 0 Å². The molecule has 248 valence electrons. The molecule has 5 aliphatic rings. The van der Waals surface area contributed by atoms with Crippen molar-refractivity contribution in [2.24, 2.45) is 23.7 Å². The van der Waals surface area contributed by atoms with Gasteiger partial charge >= 0.3 is 0 Å². The van der Waals surface area contributed by atoms with Crippen molar-refractivity contribution in [2.75, 3.05) is 11.5 Å². The number of allylic oxidation sites excluding steroid dienone is 8. The first kappa shape index (κ1) is 31.8. The highest BCUT2D eigenvalue weighted by Gasteiger charge is 2.63. The molecule has 0 aromatic heterocycles. The molecule has 1 saturated carbocycles. The summed E-state index contributed by atoms with van der Waals surface area (Å²) in [4.78, 5) is 2.70. The summed E-state index contributed by atoms with van der Waals surface area (Å²) in [7, 11) is -2.06. The van der Waals surface area contributed by atoms with E-state index in [0.29, 0.717) is 46.7 Å². The molecule has 0 N–H and O–H groups in total. The third-order valence-electron chi connectivity index (χ3n) is 12.6. The number of ether oxygens (including phenoxy) is 1. The molecular weight excluding hydrogens is 599 g/mol. The van der Waals surface area contributed by atoms with Gasteiger partial charge in [-0.15, -0.1) is 0 Å². The molecule has 0 amide bonds. The van der Waals surface area contributed by atoms with Gasteiger partial charge in [0, 0.05) is 23.9 Å². The maximum absolute atomic E-state index is 6.10. The fourth-order valence-electron chi connectivity index (χ4n) is 10.9. The van der Waals surface area contributed by atoms with Crippen LogP contribution < -0.4 is 4.90 Å². The maximum atomic E-state index is 6.10. The summed E-state index contributed by atoms with van der Waals surface area (Å²) < 4.78 is 6.10. The summed E-state index contributed by atoms with van der Waals surface area (Å²) in [6, 6.07) is 32.0. The molecule has 1 heterocycles. The molecule has 0 bridgehead atoms. The number of hydrogen-bond acceptors (Lipinski definition) is 2. The Balaban J connectivity index is 1.22. The van der Waals surface area contributed by atoms with Crippen LogP contribution in [-0.4, -0.2) is 20.3 Å². The summed E-state index contributed by atoms with van der Waals surface area (Å²) in [5.41, 5.74) is 8.73. The van der Waals surface area contributed by atoms with Crippen LogP contribution in [-0.2, 0) is 4.74 Å². The fraction of sp³-hybridized carbons (Fsp3) is 0.422. The van der Waals surface area contributed by atoms with E-state index in [4.69, 9.17) is 4.74 Å². The molecule has 4 aliphatic carbocycles. The van der Waals surface area contributed by atoms with Gasteiger partial charge in [0.2, 0.25) is 0 Å². The Morgan fingerprint density at radius 3 is 1.85 bits per heavy atom. The Morgan fingerprint density at radius 1 is 0.625 bits per heavy atom. The van der Waals surface area contributed by atoms with Gasteiger partial charge in [-0.25, -0.2) is 0 Å². The second kappa shape index (κ2) is 12.8. The number of nitrogens with zero attached hydrogens (tertiary/aromatic N) is 1. The minimum atomic E-state index is -2.06. The zero-order chi connectivity index (χ0) is 32.9. The highest BCUT2D eigenvalue weighted by atomic mass is 28.3. The van der Waals surface area contributed by atoms with Crippen LogP contribution in [0.15, 0.2) is 127 Å². The Morgan fingerprint density at radius 2 is 1.19 bits per heavy atom. The Bertz CT molecular complexity index is 1700. The van der Waals surface area contributed by atoms with Gasteiger partial charge in [-0.1, -0.05) is 141 Å². The Labute approximate surface area is 290 Å². The van der Waals surface area contributed by atoms with Crippen LogP contribution in [0, 0.1) is 23.7 Å². The first-order valence-corrected chi connectivity index (χ1v) is 21.6. The third kappa shape index (κ3) is 5.42. The molecule has 3 aromatic carbocycles. The van der Waals surface area contributed by atoms with Crippen molar-refractivity contribution in [2.45, 2.75) is 87.7 Å². The zero-order valence-corrected chi connectivity index (χ0v) is 30.3. The van der Waals surface area contributed by atoms with Crippen molar-refractivity contribution >= 4 is 19.4 Å². The molecule has 3 heteroatoms. The van der Waals surface area contributed by atoms with E-state index in [1.165, 1.54) is 36.7 Å². The van der Waals surface area contributed by atoms with E-state index in [2.05, 4.69) is 160 Å². The molecule has 1 aliphatic heterocycles. The number of benzene rings is 3. The Hall–Kier alpha value is -3.40. The molecule has 1 fully saturated rings. The van der Waals surface area contributed by atoms with Crippen LogP contribution in [0.1, 0.15) is 80.6 Å². The van der Waals surface area contributed by atoms with Crippen LogP contribution in [0.2, 0.25) is 18.1 Å². The van der Waals surface area contributed by atoms with E-state index < -0.39 is 8.07 Å². The number of rotatable bonds is 10. The smallest absolute Gasteiger partial charge is 0.0666 e. The number of para-hydroxylation sites is 2. The molecule has 8 unspecified atom stereocenters. The summed E-state index contributed by atoms with van der Waals surface area (Å²) in [6.07, 6.45) is 24.8. The number of hydrogen-bond donors (Lipinski definition) is 0. The molecule has 3 aromatic rings. The normalized spacial score (nSPS) is 30.5. The van der Waals surface area contributed by atoms with Crippen molar-refractivity contribution in [3.8, 4) is 0 Å². The number of unbranched alkanes of at least 4 members (excludes halogenated alkanes) is 3. The molecule has 0 saturated heterocycles. The summed E-state index contributed by atoms with van der Waals surface area (Å²) in [5, 5.41) is 0. The predicted octanol–water partition coefficient (Wildman–Crippen LogP) is 11.9. The summed E-state index contributed by atoms with van der Waals surface area (Å²) >= 11 is 0. The zero-order valence-electron chi connectivity index (χ0n) is 29.3. The lowest BCUT2D eigenvalue weighted by Crippen LogP contribution is -2.48. The standard InChI is InChI=1S/C45H53NOSi/c1-45(2,3)47-30-18-5-6-19-31-48(4,43-36-25-13-10-22-33(36)34-23-11-14-26-37(34)43)44-38-27-15-12-24-35(38)42-41(44)39-28-16-17-29-40(39)46(42)32-20-8-7-9-21-32/h7-17,20-29,33-34,36-37,41-44H,5-6,18-19,30-31H2,1-4H3. The van der Waals surface area contributed by atoms with Gasteiger partial charge in [0.15, 0.2) is 0 Å². The minimum Gasteiger partial charge on any atom is -0.376 e. The average molecular weight is 652 g/mol. The van der Waals surface area contributed by atoms with Crippen molar-refractivity contribution in [3.05, 3.63) is 144 Å². The van der Waals surface area contributed by atoms with Gasteiger partial charge in [0.25, 0.3) is 0 Å². The van der Waals surface area contributed by atoms with Gasteiger partial charge in [-0.05, 0) is 96.8 Å². The highest BCUT2D eigenvalue weighted by molar-refractivity contribution is 6.82. The van der Waals surface area contributed by atoms with Crippen LogP contribution in [0.25, 0.3) is 0 Å². The monoisotopic (exact) mass is 651 g/mol. The van der Waals surface area contributed by atoms with Gasteiger partial charge < -0.3 is 9.64 Å². The minimum absolute atomic E-state index is 0.0530. The predicted molar refractivity (Wildman–Crippen MR) is 205 cm³/mol. The van der Waals surface area contributed by atoms with Crippen LogP contribution in [0.3, 0.4) is 0 Å². The summed E-state index contributed by atoms with van der Waals surface area (Å²) in [6.45, 7) is 10.2. The lowest BCUT2D eigenvalue weighted by Gasteiger charge is -2.47. The SMILES string of the molecule is CC(C)(C)OCCCCCC[Si](C)(C1c2ccccc2C2C1c1ccccc1N2c1ccccc1)C1C2C=CC=CC2C2C=CC=CC21. The second-order valence-corrected chi connectivity index (χ2v) is 21.1. The molecule has 0 radical (unpaired) electrons. The van der Waals surface area contributed by atoms with Gasteiger partial charge in [0.05, 0.1) is 19.7 Å². The van der Waals surface area contributed by atoms with Crippen molar-refractivity contribution in [1.82, 2.24) is 0 Å².